The molecule has 49 heavy (non-hydrogen) atoms. The van der Waals surface area contributed by atoms with Gasteiger partial charge in [-0.15, -0.1) is 16.8 Å². The lowest BCUT2D eigenvalue weighted by atomic mass is 9.64. The summed E-state index contributed by atoms with van der Waals surface area (Å²) in [5, 5.41) is 4.99. The molecule has 0 N–H and O–H groups in total. The Kier molecular flexibility index (Phi) is 6.89. The minimum atomic E-state index is 0.668. The SMILES string of the molecule is Bc1c(B)c(C)c(B)c(-c2nc(-c3ccc(-n4c5ccccc5c5ccccc54)cc3)nc(-c3cccc4c3sc3ccccc34)n2)c1B. The fourth-order valence-corrected chi connectivity index (χ4v) is 8.67. The van der Waals surface area contributed by atoms with Gasteiger partial charge in [-0.1, -0.05) is 88.7 Å². The van der Waals surface area contributed by atoms with Crippen LogP contribution in [0.3, 0.4) is 0 Å². The van der Waals surface area contributed by atoms with Crippen molar-refractivity contribution in [3.05, 3.63) is 121 Å². The van der Waals surface area contributed by atoms with E-state index in [9.17, 15) is 0 Å². The first kappa shape index (κ1) is 29.7. The van der Waals surface area contributed by atoms with Crippen molar-refractivity contribution in [1.29, 1.82) is 0 Å². The number of aromatic nitrogens is 4. The molecule has 3 heterocycles. The van der Waals surface area contributed by atoms with E-state index in [1.165, 1.54) is 69.4 Å². The Labute approximate surface area is 292 Å². The molecular weight excluding hydrogens is 612 g/mol. The van der Waals surface area contributed by atoms with E-state index in [4.69, 9.17) is 15.0 Å². The van der Waals surface area contributed by atoms with Crippen LogP contribution in [0.15, 0.2) is 115 Å². The molecule has 0 saturated carbocycles. The number of thiophene rings is 1. The van der Waals surface area contributed by atoms with E-state index in [1.54, 1.807) is 11.3 Å². The highest BCUT2D eigenvalue weighted by Crippen LogP contribution is 2.39. The van der Waals surface area contributed by atoms with E-state index >= 15 is 0 Å². The Balaban J connectivity index is 1.26. The van der Waals surface area contributed by atoms with Crippen LogP contribution in [0.1, 0.15) is 5.56 Å². The van der Waals surface area contributed by atoms with Crippen molar-refractivity contribution < 1.29 is 0 Å². The Morgan fingerprint density at radius 1 is 0.510 bits per heavy atom. The first-order valence-corrected chi connectivity index (χ1v) is 17.5. The maximum absolute atomic E-state index is 5.26. The van der Waals surface area contributed by atoms with Crippen LogP contribution in [-0.4, -0.2) is 50.9 Å². The zero-order valence-electron chi connectivity index (χ0n) is 28.2. The highest BCUT2D eigenvalue weighted by atomic mass is 32.1. The third kappa shape index (κ3) is 4.60. The van der Waals surface area contributed by atoms with Gasteiger partial charge in [-0.25, -0.2) is 15.0 Å². The molecule has 3 aromatic heterocycles. The van der Waals surface area contributed by atoms with Crippen molar-refractivity contribution in [2.75, 3.05) is 0 Å². The molecular formula is C40H30B4N4S. The molecule has 0 radical (unpaired) electrons. The second kappa shape index (κ2) is 11.4. The van der Waals surface area contributed by atoms with Crippen molar-refractivity contribution >= 4 is 107 Å². The van der Waals surface area contributed by atoms with Gasteiger partial charge in [0.05, 0.1) is 11.0 Å². The van der Waals surface area contributed by atoms with Crippen LogP contribution in [0.2, 0.25) is 0 Å². The van der Waals surface area contributed by atoms with Gasteiger partial charge in [0.1, 0.15) is 31.4 Å². The summed E-state index contributed by atoms with van der Waals surface area (Å²) in [6.45, 7) is 2.20. The van der Waals surface area contributed by atoms with Crippen molar-refractivity contribution in [2.45, 2.75) is 6.92 Å². The number of hydrogen-bond donors (Lipinski definition) is 0. The monoisotopic (exact) mass is 642 g/mol. The van der Waals surface area contributed by atoms with Crippen molar-refractivity contribution in [1.82, 2.24) is 19.5 Å². The fourth-order valence-electron chi connectivity index (χ4n) is 7.46. The summed E-state index contributed by atoms with van der Waals surface area (Å²) in [6.07, 6.45) is 0. The summed E-state index contributed by atoms with van der Waals surface area (Å²) in [7, 11) is 8.80. The lowest BCUT2D eigenvalue weighted by Gasteiger charge is -2.19. The van der Waals surface area contributed by atoms with Gasteiger partial charge >= 0.3 is 0 Å². The molecule has 0 atom stereocenters. The molecule has 9 rings (SSSR count). The third-order valence-electron chi connectivity index (χ3n) is 10.5. The minimum Gasteiger partial charge on any atom is -0.309 e. The number of hydrogen-bond acceptors (Lipinski definition) is 4. The van der Waals surface area contributed by atoms with Crippen LogP contribution in [0, 0.1) is 6.92 Å². The molecule has 6 aromatic carbocycles. The predicted octanol–water partition coefficient (Wildman–Crippen LogP) is 3.68. The molecule has 9 heteroatoms. The van der Waals surface area contributed by atoms with Crippen LogP contribution in [0.5, 0.6) is 0 Å². The maximum Gasteiger partial charge on any atom is 0.165 e. The Bertz CT molecular complexity index is 2700. The van der Waals surface area contributed by atoms with Gasteiger partial charge in [-0.2, -0.15) is 0 Å². The molecule has 0 saturated heterocycles. The maximum atomic E-state index is 5.26. The summed E-state index contributed by atoms with van der Waals surface area (Å²) in [6, 6.07) is 41.0. The molecule has 0 amide bonds. The molecule has 228 valence electrons. The standard InChI is InChI=1S/C40H30B4N4S/c1-21-33(41)32(35(43)36(44)34(21)42)40-46-38(45-39(47-40)28-13-8-12-27-26-11-4-7-16-31(26)49-37(27)28)22-17-19-23(20-18-22)48-29-14-5-2-9-24(29)25-10-3-6-15-30(25)48/h2-20H,41-44H2,1H3. The number of rotatable bonds is 4. The zero-order valence-corrected chi connectivity index (χ0v) is 29.0. The van der Waals surface area contributed by atoms with E-state index in [-0.39, 0.29) is 0 Å². The van der Waals surface area contributed by atoms with Crippen molar-refractivity contribution in [3.63, 3.8) is 0 Å². The second-order valence-corrected chi connectivity index (χ2v) is 14.1. The lowest BCUT2D eigenvalue weighted by Crippen LogP contribution is -2.46. The third-order valence-corrected chi connectivity index (χ3v) is 11.7. The van der Waals surface area contributed by atoms with Gasteiger partial charge in [-0.05, 0) is 55.5 Å². The predicted molar refractivity (Wildman–Crippen MR) is 221 cm³/mol. The largest absolute Gasteiger partial charge is 0.309 e. The molecule has 0 fully saturated rings. The second-order valence-electron chi connectivity index (χ2n) is 13.0. The van der Waals surface area contributed by atoms with Crippen LogP contribution in [-0.2, 0) is 0 Å². The Morgan fingerprint density at radius 3 is 1.82 bits per heavy atom. The summed E-state index contributed by atoms with van der Waals surface area (Å²) in [5.41, 5.74) is 12.9. The molecule has 0 aliphatic carbocycles. The first-order valence-electron chi connectivity index (χ1n) is 16.7. The van der Waals surface area contributed by atoms with Crippen molar-refractivity contribution in [3.8, 4) is 39.9 Å². The van der Waals surface area contributed by atoms with E-state index in [0.29, 0.717) is 17.5 Å². The fraction of sp³-hybridized carbons (Fsp3) is 0.0250. The van der Waals surface area contributed by atoms with E-state index in [0.717, 1.165) is 22.4 Å². The average molecular weight is 642 g/mol. The number of nitrogens with zero attached hydrogens (tertiary/aromatic N) is 4. The molecule has 0 unspecified atom stereocenters. The van der Waals surface area contributed by atoms with Crippen LogP contribution >= 0.6 is 11.3 Å². The Morgan fingerprint density at radius 2 is 1.10 bits per heavy atom. The lowest BCUT2D eigenvalue weighted by molar-refractivity contribution is 1.08. The van der Waals surface area contributed by atoms with Crippen molar-refractivity contribution in [2.24, 2.45) is 0 Å². The number of para-hydroxylation sites is 2. The quantitative estimate of drug-likeness (QED) is 0.276. The highest BCUT2D eigenvalue weighted by Gasteiger charge is 2.21. The van der Waals surface area contributed by atoms with Crippen LogP contribution in [0.25, 0.3) is 81.8 Å². The minimum absolute atomic E-state index is 0.668. The summed E-state index contributed by atoms with van der Waals surface area (Å²) >= 11 is 1.80. The molecule has 0 aliphatic heterocycles. The molecule has 9 aromatic rings. The topological polar surface area (TPSA) is 43.6 Å². The summed E-state index contributed by atoms with van der Waals surface area (Å²) < 4.78 is 4.79. The number of fused-ring (bicyclic) bond motifs is 6. The van der Waals surface area contributed by atoms with E-state index in [1.807, 2.05) is 0 Å². The summed E-state index contributed by atoms with van der Waals surface area (Å²) in [4.78, 5) is 15.7. The Hall–Kier alpha value is -5.39. The van der Waals surface area contributed by atoms with Gasteiger partial charge in [-0.3, -0.25) is 0 Å². The molecule has 4 nitrogen and oxygen atoms in total. The van der Waals surface area contributed by atoms with Gasteiger partial charge in [0, 0.05) is 53.3 Å². The normalized spacial score (nSPS) is 11.7. The van der Waals surface area contributed by atoms with Crippen LogP contribution < -0.4 is 21.9 Å². The average Bonchev–Trinajstić information content (AvgIpc) is 3.69. The van der Waals surface area contributed by atoms with Gasteiger partial charge in [0.2, 0.25) is 0 Å². The first-order chi connectivity index (χ1) is 23.9. The molecule has 0 bridgehead atoms. The number of benzene rings is 6. The van der Waals surface area contributed by atoms with Crippen LogP contribution in [0.4, 0.5) is 0 Å². The molecule has 0 spiro atoms. The summed E-state index contributed by atoms with van der Waals surface area (Å²) in [5.74, 6) is 2.07. The van der Waals surface area contributed by atoms with Gasteiger partial charge in [0.15, 0.2) is 17.5 Å². The highest BCUT2D eigenvalue weighted by molar-refractivity contribution is 7.26. The molecule has 0 aliphatic rings. The van der Waals surface area contributed by atoms with Gasteiger partial charge < -0.3 is 4.57 Å². The van der Waals surface area contributed by atoms with E-state index in [2.05, 4.69) is 158 Å². The van der Waals surface area contributed by atoms with Gasteiger partial charge in [0.25, 0.3) is 0 Å². The van der Waals surface area contributed by atoms with E-state index < -0.39 is 0 Å². The zero-order chi connectivity index (χ0) is 33.4. The smallest absolute Gasteiger partial charge is 0.165 e.